The fourth-order valence-corrected chi connectivity index (χ4v) is 7.93. The van der Waals surface area contributed by atoms with E-state index < -0.39 is 60.2 Å². The van der Waals surface area contributed by atoms with Crippen LogP contribution in [0.2, 0.25) is 0 Å². The molecule has 14 heteroatoms. The van der Waals surface area contributed by atoms with E-state index in [1.165, 1.54) is 25.6 Å². The maximum atomic E-state index is 14.1. The highest BCUT2D eigenvalue weighted by molar-refractivity contribution is 7.09. The van der Waals surface area contributed by atoms with Crippen molar-refractivity contribution in [3.05, 3.63) is 22.4 Å². The first-order valence-corrected chi connectivity index (χ1v) is 19.1. The SMILES string of the molecule is CC[C@H](C)[C@@H]([C@@H](CC(=O)N1CCC[C@H]1[C@H](OC)[C@@H](C)C(=O)N[C@@H](Cc1cccs1)C(=O)O)OC)N(C)C(=O)[C@@H](NC(=O)[C@@H](NC)C(C)C)C(C)C. The van der Waals surface area contributed by atoms with Crippen LogP contribution in [0.3, 0.4) is 0 Å². The van der Waals surface area contributed by atoms with Gasteiger partial charge < -0.3 is 40.3 Å². The normalized spacial score (nSPS) is 19.5. The van der Waals surface area contributed by atoms with E-state index in [4.69, 9.17) is 9.47 Å². The number of hydrogen-bond acceptors (Lipinski definition) is 9. The summed E-state index contributed by atoms with van der Waals surface area (Å²) in [6, 6.07) is 0.450. The third-order valence-electron chi connectivity index (χ3n) is 10.3. The Morgan fingerprint density at radius 3 is 2.14 bits per heavy atom. The molecule has 0 unspecified atom stereocenters. The maximum absolute atomic E-state index is 14.1. The van der Waals surface area contributed by atoms with Crippen LogP contribution in [0.4, 0.5) is 0 Å². The number of methoxy groups -OCH3 is 2. The molecule has 1 aromatic rings. The van der Waals surface area contributed by atoms with E-state index in [1.807, 2.05) is 59.1 Å². The number of amides is 4. The second-order valence-electron chi connectivity index (χ2n) is 14.5. The fraction of sp³-hybridized carbons (Fsp3) is 0.757. The molecule has 2 heterocycles. The number of nitrogens with zero attached hydrogens (tertiary/aromatic N) is 2. The molecular formula is C37H63N5O8S. The van der Waals surface area contributed by atoms with Crippen molar-refractivity contribution < 1.29 is 38.6 Å². The number of likely N-dealkylation sites (N-methyl/N-ethyl adjacent to an activating group) is 2. The molecule has 0 radical (unpaired) electrons. The second kappa shape index (κ2) is 20.8. The molecule has 1 aliphatic rings. The summed E-state index contributed by atoms with van der Waals surface area (Å²) in [5.41, 5.74) is 0. The molecule has 51 heavy (non-hydrogen) atoms. The van der Waals surface area contributed by atoms with Crippen LogP contribution in [-0.4, -0.2) is 122 Å². The molecule has 0 aliphatic carbocycles. The molecule has 1 aliphatic heterocycles. The molecule has 1 fully saturated rings. The predicted octanol–water partition coefficient (Wildman–Crippen LogP) is 3.17. The first kappa shape index (κ1) is 44.1. The molecule has 1 saturated heterocycles. The van der Waals surface area contributed by atoms with Gasteiger partial charge >= 0.3 is 5.97 Å². The zero-order valence-corrected chi connectivity index (χ0v) is 33.2. The number of carboxylic acids is 1. The molecule has 0 aromatic carbocycles. The standard InChI is InChI=1S/C37H63N5O8S/c1-12-23(6)32(41(9)36(46)31(22(4)5)40-35(45)30(38-8)21(2)3)28(49-10)20-29(43)42-17-13-16-27(42)33(50-11)24(7)34(44)39-26(37(47)48)19-25-15-14-18-51-25/h14-15,18,21-24,26-28,30-33,38H,12-13,16-17,19-20H2,1-11H3,(H,39,44)(H,40,45)(H,47,48)/t23-,24+,26-,27-,28+,30-,31-,32-,33+/m0/s1. The number of hydrogen-bond donors (Lipinski definition) is 4. The van der Waals surface area contributed by atoms with Crippen LogP contribution in [0, 0.1) is 23.7 Å². The molecule has 0 bridgehead atoms. The highest BCUT2D eigenvalue weighted by Crippen LogP contribution is 2.30. The fourth-order valence-electron chi connectivity index (χ4n) is 7.18. The molecule has 13 nitrogen and oxygen atoms in total. The summed E-state index contributed by atoms with van der Waals surface area (Å²) in [6.45, 7) is 13.9. The van der Waals surface area contributed by atoms with Crippen LogP contribution in [0.1, 0.15) is 79.0 Å². The van der Waals surface area contributed by atoms with Crippen LogP contribution in [0.5, 0.6) is 0 Å². The average molecular weight is 738 g/mol. The summed E-state index contributed by atoms with van der Waals surface area (Å²) in [7, 11) is 6.46. The highest BCUT2D eigenvalue weighted by Gasteiger charge is 2.43. The predicted molar refractivity (Wildman–Crippen MR) is 198 cm³/mol. The van der Waals surface area contributed by atoms with E-state index in [2.05, 4.69) is 16.0 Å². The molecule has 1 aromatic heterocycles. The summed E-state index contributed by atoms with van der Waals surface area (Å²) in [4.78, 5) is 71.0. The van der Waals surface area contributed by atoms with Gasteiger partial charge in [-0.05, 0) is 49.1 Å². The van der Waals surface area contributed by atoms with E-state index in [0.717, 1.165) is 11.3 Å². The Bertz CT molecular complexity index is 1280. The van der Waals surface area contributed by atoms with Crippen molar-refractivity contribution in [2.24, 2.45) is 23.7 Å². The zero-order chi connectivity index (χ0) is 38.6. The van der Waals surface area contributed by atoms with Crippen molar-refractivity contribution >= 4 is 40.9 Å². The Labute approximate surface area is 308 Å². The van der Waals surface area contributed by atoms with Crippen molar-refractivity contribution in [1.82, 2.24) is 25.8 Å². The number of likely N-dealkylation sites (tertiary alicyclic amines) is 1. The van der Waals surface area contributed by atoms with Crippen molar-refractivity contribution in [2.75, 3.05) is 34.9 Å². The Kier molecular flexibility index (Phi) is 18.0. The van der Waals surface area contributed by atoms with Crippen molar-refractivity contribution in [3.8, 4) is 0 Å². The lowest BCUT2D eigenvalue weighted by atomic mass is 9.89. The summed E-state index contributed by atoms with van der Waals surface area (Å²) < 4.78 is 11.8. The number of carbonyl (C=O) groups is 5. The second-order valence-corrected chi connectivity index (χ2v) is 15.5. The minimum atomic E-state index is -1.12. The van der Waals surface area contributed by atoms with Gasteiger partial charge in [0.1, 0.15) is 12.1 Å². The van der Waals surface area contributed by atoms with E-state index in [1.54, 1.807) is 30.8 Å². The van der Waals surface area contributed by atoms with Crippen LogP contribution in [0.15, 0.2) is 17.5 Å². The quantitative estimate of drug-likeness (QED) is 0.148. The number of aliphatic carboxylic acids is 1. The van der Waals surface area contributed by atoms with Crippen molar-refractivity contribution in [3.63, 3.8) is 0 Å². The number of carboxylic acid groups (broad SMARTS) is 1. The maximum Gasteiger partial charge on any atom is 0.326 e. The third kappa shape index (κ3) is 11.7. The minimum Gasteiger partial charge on any atom is -0.480 e. The molecule has 9 atom stereocenters. The van der Waals surface area contributed by atoms with Crippen LogP contribution >= 0.6 is 11.3 Å². The largest absolute Gasteiger partial charge is 0.480 e. The molecule has 2 rings (SSSR count). The topological polar surface area (TPSA) is 167 Å². The monoisotopic (exact) mass is 737 g/mol. The summed E-state index contributed by atoms with van der Waals surface area (Å²) in [5.74, 6) is -3.22. The lowest BCUT2D eigenvalue weighted by Gasteiger charge is -2.41. The van der Waals surface area contributed by atoms with E-state index in [0.29, 0.717) is 19.4 Å². The zero-order valence-electron chi connectivity index (χ0n) is 32.4. The summed E-state index contributed by atoms with van der Waals surface area (Å²) >= 11 is 1.43. The van der Waals surface area contributed by atoms with Gasteiger partial charge in [-0.25, -0.2) is 4.79 Å². The van der Waals surface area contributed by atoms with E-state index in [9.17, 15) is 29.1 Å². The Morgan fingerprint density at radius 2 is 1.65 bits per heavy atom. The van der Waals surface area contributed by atoms with Gasteiger partial charge in [0.25, 0.3) is 0 Å². The van der Waals surface area contributed by atoms with E-state index >= 15 is 0 Å². The van der Waals surface area contributed by atoms with Gasteiger partial charge in [0.05, 0.1) is 42.7 Å². The number of rotatable bonds is 21. The summed E-state index contributed by atoms with van der Waals surface area (Å²) in [5, 5.41) is 20.3. The Morgan fingerprint density at radius 1 is 1.00 bits per heavy atom. The lowest BCUT2D eigenvalue weighted by molar-refractivity contribution is -0.148. The number of thiophene rings is 1. The number of carbonyl (C=O) groups excluding carboxylic acids is 4. The average Bonchev–Trinajstić information content (AvgIpc) is 3.79. The van der Waals surface area contributed by atoms with Crippen LogP contribution < -0.4 is 16.0 Å². The molecule has 4 N–H and O–H groups in total. The molecule has 290 valence electrons. The first-order valence-electron chi connectivity index (χ1n) is 18.2. The Balaban J connectivity index is 2.26. The Hall–Kier alpha value is -3.07. The van der Waals surface area contributed by atoms with Gasteiger partial charge in [0.2, 0.25) is 23.6 Å². The van der Waals surface area contributed by atoms with Gasteiger partial charge in [-0.1, -0.05) is 61.0 Å². The minimum absolute atomic E-state index is 0.00752. The van der Waals surface area contributed by atoms with Gasteiger partial charge in [0, 0.05) is 39.1 Å². The van der Waals surface area contributed by atoms with Crippen molar-refractivity contribution in [2.45, 2.75) is 123 Å². The third-order valence-corrected chi connectivity index (χ3v) is 11.2. The van der Waals surface area contributed by atoms with Gasteiger partial charge in [-0.2, -0.15) is 0 Å². The molecule has 0 spiro atoms. The lowest BCUT2D eigenvalue weighted by Crippen LogP contribution is -2.59. The molecule has 4 amide bonds. The van der Waals surface area contributed by atoms with Gasteiger partial charge in [-0.3, -0.25) is 19.2 Å². The van der Waals surface area contributed by atoms with Crippen LogP contribution in [-0.2, 0) is 39.9 Å². The van der Waals surface area contributed by atoms with Gasteiger partial charge in [-0.15, -0.1) is 11.3 Å². The van der Waals surface area contributed by atoms with E-state index in [-0.39, 0.29) is 48.3 Å². The molecular weight excluding hydrogens is 675 g/mol. The van der Waals surface area contributed by atoms with Gasteiger partial charge in [0.15, 0.2) is 0 Å². The number of nitrogens with one attached hydrogen (secondary N) is 3. The molecule has 0 saturated carbocycles. The van der Waals surface area contributed by atoms with Crippen LogP contribution in [0.25, 0.3) is 0 Å². The summed E-state index contributed by atoms with van der Waals surface area (Å²) in [6.07, 6.45) is 0.886. The smallest absolute Gasteiger partial charge is 0.326 e. The number of ether oxygens (including phenoxy) is 2. The van der Waals surface area contributed by atoms with Crippen molar-refractivity contribution in [1.29, 1.82) is 0 Å². The first-order chi connectivity index (χ1) is 24.0. The highest BCUT2D eigenvalue weighted by atomic mass is 32.1.